The molecule has 1 aromatic rings. The molecule has 0 aromatic heterocycles. The second kappa shape index (κ2) is 4.07. The predicted molar refractivity (Wildman–Crippen MR) is 48.9 cm³/mol. The van der Waals surface area contributed by atoms with Crippen LogP contribution >= 0.6 is 0 Å². The molecule has 0 fully saturated rings. The summed E-state index contributed by atoms with van der Waals surface area (Å²) in [6, 6.07) is 8.06. The fraction of sp³-hybridized carbons (Fsp3) is 0.333. The lowest BCUT2D eigenvalue weighted by atomic mass is 9.68. The first kappa shape index (κ1) is 8.18. The monoisotopic (exact) mass is 147 g/mol. The first-order valence-corrected chi connectivity index (χ1v) is 3.84. The Morgan fingerprint density at radius 2 is 1.91 bits per heavy atom. The molecule has 57 valence electrons. The van der Waals surface area contributed by atoms with Crippen LogP contribution in [0.5, 0.6) is 5.75 Å². The topological polar surface area (TPSA) is 9.23 Å². The maximum Gasteiger partial charge on any atom is 0.151 e. The standard InChI is InChI=1S/C9H12BO/c1-3-10-8-4-6-9(11-2)7-5-8/h4-7H,3H2,1-2H3. The van der Waals surface area contributed by atoms with Crippen LogP contribution in [0, 0.1) is 0 Å². The summed E-state index contributed by atoms with van der Waals surface area (Å²) < 4.78 is 5.03. The molecule has 0 saturated heterocycles. The van der Waals surface area contributed by atoms with Gasteiger partial charge in [-0.2, -0.15) is 0 Å². The fourth-order valence-corrected chi connectivity index (χ4v) is 0.976. The van der Waals surface area contributed by atoms with Gasteiger partial charge in [-0.3, -0.25) is 0 Å². The minimum atomic E-state index is 0.915. The number of rotatable bonds is 3. The molecule has 2 heteroatoms. The molecule has 0 amide bonds. The Hall–Kier alpha value is -0.915. The van der Waals surface area contributed by atoms with Gasteiger partial charge in [0.15, 0.2) is 7.28 Å². The van der Waals surface area contributed by atoms with Gasteiger partial charge >= 0.3 is 0 Å². The molecule has 1 nitrogen and oxygen atoms in total. The van der Waals surface area contributed by atoms with E-state index in [0.29, 0.717) is 0 Å². The molecule has 0 N–H and O–H groups in total. The van der Waals surface area contributed by atoms with Crippen LogP contribution in [-0.2, 0) is 0 Å². The van der Waals surface area contributed by atoms with Gasteiger partial charge in [0.05, 0.1) is 7.11 Å². The minimum absolute atomic E-state index is 0.915. The molecule has 0 aliphatic carbocycles. The average molecular weight is 147 g/mol. The van der Waals surface area contributed by atoms with E-state index in [4.69, 9.17) is 4.74 Å². The van der Waals surface area contributed by atoms with E-state index in [0.717, 1.165) is 12.1 Å². The van der Waals surface area contributed by atoms with Gasteiger partial charge in [0.2, 0.25) is 0 Å². The lowest BCUT2D eigenvalue weighted by Gasteiger charge is -2.00. The summed E-state index contributed by atoms with van der Waals surface area (Å²) >= 11 is 0. The normalized spacial score (nSPS) is 9.27. The van der Waals surface area contributed by atoms with Crippen molar-refractivity contribution in [1.29, 1.82) is 0 Å². The molecule has 0 aliphatic rings. The van der Waals surface area contributed by atoms with Crippen LogP contribution in [0.25, 0.3) is 0 Å². The number of hydrogen-bond acceptors (Lipinski definition) is 1. The Morgan fingerprint density at radius 3 is 2.36 bits per heavy atom. The van der Waals surface area contributed by atoms with Crippen molar-refractivity contribution in [2.75, 3.05) is 7.11 Å². The summed E-state index contributed by atoms with van der Waals surface area (Å²) in [5.74, 6) is 0.915. The maximum absolute atomic E-state index is 5.03. The Bertz CT molecular complexity index is 205. The molecule has 0 aliphatic heterocycles. The molecule has 0 spiro atoms. The Labute approximate surface area is 68.6 Å². The summed E-state index contributed by atoms with van der Waals surface area (Å²) in [7, 11) is 3.86. The summed E-state index contributed by atoms with van der Waals surface area (Å²) in [4.78, 5) is 0. The van der Waals surface area contributed by atoms with E-state index in [1.54, 1.807) is 7.11 Å². The van der Waals surface area contributed by atoms with E-state index in [1.165, 1.54) is 5.46 Å². The van der Waals surface area contributed by atoms with Gasteiger partial charge in [0.1, 0.15) is 5.75 Å². The van der Waals surface area contributed by atoms with Crippen molar-refractivity contribution in [1.82, 2.24) is 0 Å². The molecule has 0 unspecified atom stereocenters. The summed E-state index contributed by atoms with van der Waals surface area (Å²) in [6.07, 6.45) is 1.08. The zero-order valence-electron chi connectivity index (χ0n) is 7.00. The number of ether oxygens (including phenoxy) is 1. The van der Waals surface area contributed by atoms with E-state index < -0.39 is 0 Å². The van der Waals surface area contributed by atoms with E-state index in [9.17, 15) is 0 Å². The highest BCUT2D eigenvalue weighted by molar-refractivity contribution is 6.53. The second-order valence-electron chi connectivity index (χ2n) is 2.39. The van der Waals surface area contributed by atoms with Crippen LogP contribution in [0.3, 0.4) is 0 Å². The van der Waals surface area contributed by atoms with Crippen LogP contribution in [-0.4, -0.2) is 14.4 Å². The molecule has 1 rings (SSSR count). The summed E-state index contributed by atoms with van der Waals surface area (Å²) in [5.41, 5.74) is 1.26. The quantitative estimate of drug-likeness (QED) is 0.588. The van der Waals surface area contributed by atoms with E-state index in [1.807, 2.05) is 12.1 Å². The highest BCUT2D eigenvalue weighted by Gasteiger charge is 1.92. The summed E-state index contributed by atoms with van der Waals surface area (Å²) in [5, 5.41) is 0. The van der Waals surface area contributed by atoms with Crippen molar-refractivity contribution in [3.63, 3.8) is 0 Å². The largest absolute Gasteiger partial charge is 0.497 e. The molecule has 0 saturated carbocycles. The van der Waals surface area contributed by atoms with E-state index >= 15 is 0 Å². The predicted octanol–water partition coefficient (Wildman–Crippen LogP) is 1.46. The lowest BCUT2D eigenvalue weighted by molar-refractivity contribution is 0.415. The van der Waals surface area contributed by atoms with Crippen molar-refractivity contribution in [2.24, 2.45) is 0 Å². The summed E-state index contributed by atoms with van der Waals surface area (Å²) in [6.45, 7) is 2.13. The molecule has 1 aromatic carbocycles. The van der Waals surface area contributed by atoms with Gasteiger partial charge in [0, 0.05) is 0 Å². The highest BCUT2D eigenvalue weighted by atomic mass is 16.5. The number of hydrogen-bond donors (Lipinski definition) is 0. The van der Waals surface area contributed by atoms with Crippen LogP contribution in [0.4, 0.5) is 0 Å². The van der Waals surface area contributed by atoms with Gasteiger partial charge in [0.25, 0.3) is 0 Å². The first-order valence-electron chi connectivity index (χ1n) is 3.84. The van der Waals surface area contributed by atoms with Crippen LogP contribution in [0.2, 0.25) is 6.32 Å². The fourth-order valence-electron chi connectivity index (χ4n) is 0.976. The molecule has 11 heavy (non-hydrogen) atoms. The lowest BCUT2D eigenvalue weighted by Crippen LogP contribution is -2.11. The van der Waals surface area contributed by atoms with Gasteiger partial charge in [-0.1, -0.05) is 30.8 Å². The third-order valence-electron chi connectivity index (χ3n) is 1.56. The van der Waals surface area contributed by atoms with Crippen molar-refractivity contribution in [2.45, 2.75) is 13.2 Å². The number of methoxy groups -OCH3 is 1. The minimum Gasteiger partial charge on any atom is -0.497 e. The van der Waals surface area contributed by atoms with Crippen molar-refractivity contribution in [3.05, 3.63) is 24.3 Å². The van der Waals surface area contributed by atoms with Gasteiger partial charge in [-0.15, -0.1) is 0 Å². The Kier molecular flexibility index (Phi) is 3.03. The van der Waals surface area contributed by atoms with Crippen molar-refractivity contribution >= 4 is 12.7 Å². The molecular formula is C9H12BO. The molecule has 0 bridgehead atoms. The van der Waals surface area contributed by atoms with E-state index in [2.05, 4.69) is 26.3 Å². The van der Waals surface area contributed by atoms with E-state index in [-0.39, 0.29) is 0 Å². The molecule has 0 heterocycles. The molecule has 0 atom stereocenters. The SMILES string of the molecule is CC[B]c1ccc(OC)cc1. The third kappa shape index (κ3) is 2.30. The Balaban J connectivity index is 2.66. The second-order valence-corrected chi connectivity index (χ2v) is 2.39. The Morgan fingerprint density at radius 1 is 1.27 bits per heavy atom. The first-order chi connectivity index (χ1) is 5.36. The zero-order valence-corrected chi connectivity index (χ0v) is 7.00. The van der Waals surface area contributed by atoms with Crippen LogP contribution in [0.1, 0.15) is 6.92 Å². The van der Waals surface area contributed by atoms with Gasteiger partial charge in [-0.25, -0.2) is 0 Å². The van der Waals surface area contributed by atoms with Crippen molar-refractivity contribution < 1.29 is 4.74 Å². The molecular weight excluding hydrogens is 135 g/mol. The van der Waals surface area contributed by atoms with Crippen LogP contribution < -0.4 is 10.2 Å². The smallest absolute Gasteiger partial charge is 0.151 e. The van der Waals surface area contributed by atoms with Crippen LogP contribution in [0.15, 0.2) is 24.3 Å². The maximum atomic E-state index is 5.03. The van der Waals surface area contributed by atoms with Gasteiger partial charge in [-0.05, 0) is 12.1 Å². The van der Waals surface area contributed by atoms with Crippen molar-refractivity contribution in [3.8, 4) is 5.75 Å². The third-order valence-corrected chi connectivity index (χ3v) is 1.56. The number of benzene rings is 1. The van der Waals surface area contributed by atoms with Gasteiger partial charge < -0.3 is 4.74 Å². The zero-order chi connectivity index (χ0) is 8.10. The highest BCUT2D eigenvalue weighted by Crippen LogP contribution is 2.05. The molecule has 1 radical (unpaired) electrons. The average Bonchev–Trinajstić information content (AvgIpc) is 2.07.